The maximum Gasteiger partial charge on any atom is 0.305 e. The SMILES string of the molecule is CN(NC(=O)c1cc(=O)c2cc(Cl)ccc2o1)c1ccccc1. The average Bonchev–Trinajstić information content (AvgIpc) is 2.56. The normalized spacial score (nSPS) is 10.5. The van der Waals surface area contributed by atoms with Crippen molar-refractivity contribution in [3.8, 4) is 0 Å². The number of hydrogen-bond donors (Lipinski definition) is 1. The molecule has 0 aliphatic carbocycles. The quantitative estimate of drug-likeness (QED) is 0.750. The Balaban J connectivity index is 1.89. The Morgan fingerprint density at radius 1 is 1.13 bits per heavy atom. The van der Waals surface area contributed by atoms with Gasteiger partial charge in [0, 0.05) is 18.1 Å². The average molecular weight is 329 g/mol. The third-order valence-corrected chi connectivity index (χ3v) is 3.56. The highest BCUT2D eigenvalue weighted by atomic mass is 35.5. The van der Waals surface area contributed by atoms with Crippen LogP contribution < -0.4 is 15.9 Å². The van der Waals surface area contributed by atoms with E-state index in [9.17, 15) is 9.59 Å². The van der Waals surface area contributed by atoms with E-state index in [0.717, 1.165) is 11.8 Å². The van der Waals surface area contributed by atoms with Crippen molar-refractivity contribution in [3.05, 3.63) is 75.6 Å². The summed E-state index contributed by atoms with van der Waals surface area (Å²) in [7, 11) is 1.70. The number of fused-ring (bicyclic) bond motifs is 1. The molecule has 0 aliphatic rings. The van der Waals surface area contributed by atoms with Gasteiger partial charge in [-0.1, -0.05) is 29.8 Å². The van der Waals surface area contributed by atoms with Gasteiger partial charge >= 0.3 is 5.91 Å². The monoisotopic (exact) mass is 328 g/mol. The van der Waals surface area contributed by atoms with Crippen molar-refractivity contribution in [1.82, 2.24) is 5.43 Å². The number of carbonyl (C=O) groups excluding carboxylic acids is 1. The summed E-state index contributed by atoms with van der Waals surface area (Å²) < 4.78 is 5.50. The van der Waals surface area contributed by atoms with Gasteiger partial charge in [-0.3, -0.25) is 20.0 Å². The summed E-state index contributed by atoms with van der Waals surface area (Å²) in [6, 6.07) is 15.1. The van der Waals surface area contributed by atoms with Crippen molar-refractivity contribution in [1.29, 1.82) is 0 Å². The van der Waals surface area contributed by atoms with Gasteiger partial charge in [-0.2, -0.15) is 0 Å². The summed E-state index contributed by atoms with van der Waals surface area (Å²) in [5.74, 6) is -0.571. The summed E-state index contributed by atoms with van der Waals surface area (Å²) in [5.41, 5.74) is 3.45. The van der Waals surface area contributed by atoms with Crippen LogP contribution in [-0.2, 0) is 0 Å². The molecule has 1 aromatic heterocycles. The van der Waals surface area contributed by atoms with Crippen LogP contribution in [0.2, 0.25) is 5.02 Å². The number of nitrogens with one attached hydrogen (secondary N) is 1. The van der Waals surface area contributed by atoms with Crippen LogP contribution in [0.1, 0.15) is 10.6 Å². The summed E-state index contributed by atoms with van der Waals surface area (Å²) >= 11 is 5.86. The molecule has 1 heterocycles. The molecule has 0 spiro atoms. The Morgan fingerprint density at radius 2 is 1.87 bits per heavy atom. The van der Waals surface area contributed by atoms with Crippen molar-refractivity contribution in [2.45, 2.75) is 0 Å². The lowest BCUT2D eigenvalue weighted by Crippen LogP contribution is -2.39. The minimum Gasteiger partial charge on any atom is -0.451 e. The Kier molecular flexibility index (Phi) is 4.04. The van der Waals surface area contributed by atoms with Crippen LogP contribution in [-0.4, -0.2) is 13.0 Å². The molecule has 1 N–H and O–H groups in total. The molecule has 116 valence electrons. The number of halogens is 1. The van der Waals surface area contributed by atoms with Gasteiger partial charge in [0.1, 0.15) is 5.58 Å². The van der Waals surface area contributed by atoms with Crippen LogP contribution in [0.15, 0.2) is 63.8 Å². The zero-order chi connectivity index (χ0) is 16.4. The molecule has 0 saturated heterocycles. The lowest BCUT2D eigenvalue weighted by atomic mass is 10.2. The molecule has 0 fully saturated rings. The molecule has 2 aromatic carbocycles. The van der Waals surface area contributed by atoms with E-state index in [-0.39, 0.29) is 11.2 Å². The van der Waals surface area contributed by atoms with Crippen LogP contribution in [0.3, 0.4) is 0 Å². The van der Waals surface area contributed by atoms with Crippen LogP contribution in [0.25, 0.3) is 11.0 Å². The maximum atomic E-state index is 12.3. The Hall–Kier alpha value is -2.79. The number of anilines is 1. The first-order chi connectivity index (χ1) is 11.0. The predicted molar refractivity (Wildman–Crippen MR) is 89.8 cm³/mol. The molecule has 0 aliphatic heterocycles. The van der Waals surface area contributed by atoms with E-state index in [4.69, 9.17) is 16.0 Å². The standard InChI is InChI=1S/C17H13ClN2O3/c1-20(12-5-3-2-4-6-12)19-17(22)16-10-14(21)13-9-11(18)7-8-15(13)23-16/h2-10H,1H3,(H,19,22). The van der Waals surface area contributed by atoms with Crippen molar-refractivity contribution in [2.75, 3.05) is 12.1 Å². The van der Waals surface area contributed by atoms with Crippen LogP contribution in [0, 0.1) is 0 Å². The van der Waals surface area contributed by atoms with Gasteiger partial charge in [0.2, 0.25) is 0 Å². The van der Waals surface area contributed by atoms with E-state index in [0.29, 0.717) is 16.0 Å². The molecule has 0 bridgehead atoms. The minimum absolute atomic E-state index is 0.0624. The molecule has 0 atom stereocenters. The molecular weight excluding hydrogens is 316 g/mol. The second kappa shape index (κ2) is 6.14. The number of amides is 1. The number of para-hydroxylation sites is 1. The highest BCUT2D eigenvalue weighted by Gasteiger charge is 2.14. The summed E-state index contributed by atoms with van der Waals surface area (Å²) in [6.07, 6.45) is 0. The second-order valence-corrected chi connectivity index (χ2v) is 5.39. The van der Waals surface area contributed by atoms with Crippen LogP contribution in [0.4, 0.5) is 5.69 Å². The summed E-state index contributed by atoms with van der Waals surface area (Å²) in [5, 5.41) is 2.32. The first-order valence-corrected chi connectivity index (χ1v) is 7.25. The molecular formula is C17H13ClN2O3. The lowest BCUT2D eigenvalue weighted by Gasteiger charge is -2.19. The maximum absolute atomic E-state index is 12.3. The predicted octanol–water partition coefficient (Wildman–Crippen LogP) is 3.23. The van der Waals surface area contributed by atoms with Gasteiger partial charge in [0.15, 0.2) is 11.2 Å². The van der Waals surface area contributed by atoms with E-state index in [2.05, 4.69) is 5.43 Å². The zero-order valence-electron chi connectivity index (χ0n) is 12.2. The fourth-order valence-corrected chi connectivity index (χ4v) is 2.34. The molecule has 0 saturated carbocycles. The fourth-order valence-electron chi connectivity index (χ4n) is 2.16. The summed E-state index contributed by atoms with van der Waals surface area (Å²) in [4.78, 5) is 24.4. The van der Waals surface area contributed by atoms with E-state index >= 15 is 0 Å². The molecule has 23 heavy (non-hydrogen) atoms. The van der Waals surface area contributed by atoms with Gasteiger partial charge in [-0.05, 0) is 30.3 Å². The highest BCUT2D eigenvalue weighted by molar-refractivity contribution is 6.31. The Bertz CT molecular complexity index is 922. The second-order valence-electron chi connectivity index (χ2n) is 4.95. The van der Waals surface area contributed by atoms with Crippen LogP contribution in [0.5, 0.6) is 0 Å². The molecule has 1 amide bonds. The van der Waals surface area contributed by atoms with Gasteiger partial charge in [0.05, 0.1) is 11.1 Å². The van der Waals surface area contributed by atoms with Gasteiger partial charge in [-0.15, -0.1) is 0 Å². The van der Waals surface area contributed by atoms with Crippen LogP contribution >= 0.6 is 11.6 Å². The molecule has 5 nitrogen and oxygen atoms in total. The zero-order valence-corrected chi connectivity index (χ0v) is 13.0. The smallest absolute Gasteiger partial charge is 0.305 e. The van der Waals surface area contributed by atoms with E-state index < -0.39 is 5.91 Å². The van der Waals surface area contributed by atoms with Crippen molar-refractivity contribution in [2.24, 2.45) is 0 Å². The Morgan fingerprint density at radius 3 is 2.61 bits per heavy atom. The number of hydrazine groups is 1. The van der Waals surface area contributed by atoms with Crippen molar-refractivity contribution >= 4 is 34.2 Å². The van der Waals surface area contributed by atoms with Crippen molar-refractivity contribution in [3.63, 3.8) is 0 Å². The van der Waals surface area contributed by atoms with E-state index in [1.54, 1.807) is 24.2 Å². The largest absolute Gasteiger partial charge is 0.451 e. The number of nitrogens with zero attached hydrogens (tertiary/aromatic N) is 1. The van der Waals surface area contributed by atoms with Gasteiger partial charge in [0.25, 0.3) is 0 Å². The molecule has 6 heteroatoms. The topological polar surface area (TPSA) is 62.6 Å². The highest BCUT2D eigenvalue weighted by Crippen LogP contribution is 2.18. The fraction of sp³-hybridized carbons (Fsp3) is 0.0588. The molecule has 0 unspecified atom stereocenters. The Labute approximate surface area is 137 Å². The third kappa shape index (κ3) is 3.19. The first-order valence-electron chi connectivity index (χ1n) is 6.88. The number of carbonyl (C=O) groups is 1. The number of benzene rings is 2. The third-order valence-electron chi connectivity index (χ3n) is 3.33. The van der Waals surface area contributed by atoms with E-state index in [1.807, 2.05) is 30.3 Å². The molecule has 3 aromatic rings. The van der Waals surface area contributed by atoms with E-state index in [1.165, 1.54) is 6.07 Å². The number of hydrogen-bond acceptors (Lipinski definition) is 4. The summed E-state index contributed by atoms with van der Waals surface area (Å²) in [6.45, 7) is 0. The molecule has 3 rings (SSSR count). The molecule has 0 radical (unpaired) electrons. The first kappa shape index (κ1) is 15.1. The van der Waals surface area contributed by atoms with Crippen molar-refractivity contribution < 1.29 is 9.21 Å². The van der Waals surface area contributed by atoms with Gasteiger partial charge in [-0.25, -0.2) is 0 Å². The van der Waals surface area contributed by atoms with Gasteiger partial charge < -0.3 is 4.42 Å². The number of rotatable bonds is 3. The minimum atomic E-state index is -0.509. The lowest BCUT2D eigenvalue weighted by molar-refractivity contribution is 0.0924.